The Labute approximate surface area is 129 Å². The van der Waals surface area contributed by atoms with E-state index in [1.807, 2.05) is 11.0 Å². The molecule has 1 saturated carbocycles. The quantitative estimate of drug-likeness (QED) is 0.854. The molecule has 3 rings (SSSR count). The number of anilines is 1. The van der Waals surface area contributed by atoms with Gasteiger partial charge in [0.2, 0.25) is 5.91 Å². The third-order valence-corrected chi connectivity index (χ3v) is 4.10. The van der Waals surface area contributed by atoms with Gasteiger partial charge in [0, 0.05) is 45.0 Å². The molecule has 116 valence electrons. The van der Waals surface area contributed by atoms with Crippen molar-refractivity contribution >= 4 is 11.7 Å². The first-order chi connectivity index (χ1) is 10.7. The standard InChI is InChI=1S/C15H19N5O2/c16-8-13-15(18-4-3-17-13)20-6-5-19(9-12(21)10-20)14(22)7-11-1-2-11/h3-4,11-12,21H,1-2,5-7,9-10H2. The van der Waals surface area contributed by atoms with Crippen LogP contribution in [0.3, 0.4) is 0 Å². The van der Waals surface area contributed by atoms with Crippen molar-refractivity contribution in [3.63, 3.8) is 0 Å². The van der Waals surface area contributed by atoms with Crippen molar-refractivity contribution < 1.29 is 9.90 Å². The Morgan fingerprint density at radius 1 is 1.32 bits per heavy atom. The van der Waals surface area contributed by atoms with Crippen LogP contribution in [0.25, 0.3) is 0 Å². The highest BCUT2D eigenvalue weighted by Crippen LogP contribution is 2.33. The number of nitriles is 1. The van der Waals surface area contributed by atoms with Gasteiger partial charge in [-0.2, -0.15) is 5.26 Å². The molecule has 7 nitrogen and oxygen atoms in total. The lowest BCUT2D eigenvalue weighted by Crippen LogP contribution is -2.37. The maximum Gasteiger partial charge on any atom is 0.222 e. The topological polar surface area (TPSA) is 93.4 Å². The molecule has 0 spiro atoms. The smallest absolute Gasteiger partial charge is 0.222 e. The Morgan fingerprint density at radius 2 is 2.09 bits per heavy atom. The summed E-state index contributed by atoms with van der Waals surface area (Å²) in [5.74, 6) is 1.12. The largest absolute Gasteiger partial charge is 0.389 e. The number of amides is 1. The molecule has 1 aliphatic heterocycles. The summed E-state index contributed by atoms with van der Waals surface area (Å²) in [6, 6.07) is 2.02. The van der Waals surface area contributed by atoms with Crippen molar-refractivity contribution in [2.24, 2.45) is 5.92 Å². The Bertz CT molecular complexity index is 596. The lowest BCUT2D eigenvalue weighted by molar-refractivity contribution is -0.132. The van der Waals surface area contributed by atoms with Gasteiger partial charge in [-0.05, 0) is 18.8 Å². The molecule has 1 amide bonds. The van der Waals surface area contributed by atoms with Crippen LogP contribution in [0, 0.1) is 17.2 Å². The van der Waals surface area contributed by atoms with Crippen molar-refractivity contribution in [2.45, 2.75) is 25.4 Å². The second-order valence-corrected chi connectivity index (χ2v) is 5.93. The molecule has 1 saturated heterocycles. The number of rotatable bonds is 3. The molecule has 22 heavy (non-hydrogen) atoms. The highest BCUT2D eigenvalue weighted by molar-refractivity contribution is 5.77. The summed E-state index contributed by atoms with van der Waals surface area (Å²) >= 11 is 0. The zero-order chi connectivity index (χ0) is 15.5. The molecule has 1 aliphatic carbocycles. The molecule has 2 aliphatic rings. The number of nitrogens with zero attached hydrogens (tertiary/aromatic N) is 5. The van der Waals surface area contributed by atoms with E-state index < -0.39 is 6.10 Å². The van der Waals surface area contributed by atoms with Gasteiger partial charge in [-0.1, -0.05) is 0 Å². The molecule has 1 aromatic rings. The summed E-state index contributed by atoms with van der Waals surface area (Å²) in [7, 11) is 0. The molecule has 1 unspecified atom stereocenters. The van der Waals surface area contributed by atoms with Gasteiger partial charge < -0.3 is 14.9 Å². The molecule has 0 radical (unpaired) electrons. The Balaban J connectivity index is 1.71. The van der Waals surface area contributed by atoms with Gasteiger partial charge in [0.05, 0.1) is 6.10 Å². The monoisotopic (exact) mass is 301 g/mol. The van der Waals surface area contributed by atoms with E-state index in [-0.39, 0.29) is 11.6 Å². The predicted molar refractivity (Wildman–Crippen MR) is 78.9 cm³/mol. The van der Waals surface area contributed by atoms with Gasteiger partial charge in [0.25, 0.3) is 0 Å². The molecular weight excluding hydrogens is 282 g/mol. The van der Waals surface area contributed by atoms with Gasteiger partial charge in [-0.15, -0.1) is 0 Å². The van der Waals surface area contributed by atoms with Crippen LogP contribution in [0.15, 0.2) is 12.4 Å². The van der Waals surface area contributed by atoms with Gasteiger partial charge in [-0.3, -0.25) is 4.79 Å². The summed E-state index contributed by atoms with van der Waals surface area (Å²) in [5.41, 5.74) is 0.243. The Hall–Kier alpha value is -2.20. The Morgan fingerprint density at radius 3 is 2.82 bits per heavy atom. The second-order valence-electron chi connectivity index (χ2n) is 5.93. The molecule has 1 atom stereocenters. The molecule has 0 aromatic carbocycles. The van der Waals surface area contributed by atoms with Crippen LogP contribution in [-0.4, -0.2) is 58.2 Å². The first-order valence-corrected chi connectivity index (χ1v) is 7.59. The molecule has 1 N–H and O–H groups in total. The zero-order valence-electron chi connectivity index (χ0n) is 12.4. The first-order valence-electron chi connectivity index (χ1n) is 7.59. The fraction of sp³-hybridized carbons (Fsp3) is 0.600. The van der Waals surface area contributed by atoms with E-state index in [1.165, 1.54) is 12.4 Å². The minimum absolute atomic E-state index is 0.114. The van der Waals surface area contributed by atoms with Gasteiger partial charge in [0.1, 0.15) is 6.07 Å². The van der Waals surface area contributed by atoms with Gasteiger partial charge in [-0.25, -0.2) is 9.97 Å². The second kappa shape index (κ2) is 6.28. The maximum atomic E-state index is 12.2. The highest BCUT2D eigenvalue weighted by Gasteiger charge is 2.30. The van der Waals surface area contributed by atoms with Gasteiger partial charge >= 0.3 is 0 Å². The molecule has 1 aromatic heterocycles. The third kappa shape index (κ3) is 3.34. The predicted octanol–water partition coefficient (Wildman–Crippen LogP) is 0.158. The van der Waals surface area contributed by atoms with Crippen molar-refractivity contribution in [1.82, 2.24) is 14.9 Å². The van der Waals surface area contributed by atoms with E-state index in [2.05, 4.69) is 9.97 Å². The lowest BCUT2D eigenvalue weighted by Gasteiger charge is -2.22. The fourth-order valence-electron chi connectivity index (χ4n) is 2.75. The minimum Gasteiger partial charge on any atom is -0.389 e. The molecule has 2 heterocycles. The molecular formula is C15H19N5O2. The van der Waals surface area contributed by atoms with E-state index in [9.17, 15) is 9.90 Å². The summed E-state index contributed by atoms with van der Waals surface area (Å²) in [6.07, 6.45) is 5.21. The van der Waals surface area contributed by atoms with E-state index in [0.717, 1.165) is 12.8 Å². The van der Waals surface area contributed by atoms with Crippen molar-refractivity contribution in [1.29, 1.82) is 5.26 Å². The SMILES string of the molecule is N#Cc1nccnc1N1CCN(C(=O)CC2CC2)CC(O)C1. The number of aliphatic hydroxyl groups excluding tert-OH is 1. The number of aliphatic hydroxyl groups is 1. The zero-order valence-corrected chi connectivity index (χ0v) is 12.4. The van der Waals surface area contributed by atoms with Crippen LogP contribution in [0.4, 0.5) is 5.82 Å². The summed E-state index contributed by atoms with van der Waals surface area (Å²) in [6.45, 7) is 1.76. The summed E-state index contributed by atoms with van der Waals surface area (Å²) in [5, 5.41) is 19.3. The average Bonchev–Trinajstić information content (AvgIpc) is 3.34. The van der Waals surface area contributed by atoms with Crippen LogP contribution >= 0.6 is 0 Å². The van der Waals surface area contributed by atoms with Crippen LogP contribution in [0.1, 0.15) is 25.0 Å². The number of hydrogen-bond acceptors (Lipinski definition) is 6. The van der Waals surface area contributed by atoms with E-state index >= 15 is 0 Å². The van der Waals surface area contributed by atoms with Gasteiger partial charge in [0.15, 0.2) is 11.5 Å². The van der Waals surface area contributed by atoms with Crippen molar-refractivity contribution in [2.75, 3.05) is 31.1 Å². The number of β-amino-alcohol motifs (C(OH)–C–C–N with tert-alkyl or cyclic N) is 1. The number of carbonyl (C=O) groups is 1. The van der Waals surface area contributed by atoms with E-state index in [0.29, 0.717) is 44.3 Å². The van der Waals surface area contributed by atoms with Crippen LogP contribution in [0.5, 0.6) is 0 Å². The van der Waals surface area contributed by atoms with E-state index in [1.54, 1.807) is 4.90 Å². The molecule has 7 heteroatoms. The molecule has 0 bridgehead atoms. The normalized spacial score (nSPS) is 22.1. The average molecular weight is 301 g/mol. The van der Waals surface area contributed by atoms with Crippen LogP contribution in [0.2, 0.25) is 0 Å². The number of carbonyl (C=O) groups excluding carboxylic acids is 1. The third-order valence-electron chi connectivity index (χ3n) is 4.10. The lowest BCUT2D eigenvalue weighted by atomic mass is 10.2. The fourth-order valence-corrected chi connectivity index (χ4v) is 2.75. The van der Waals surface area contributed by atoms with E-state index in [4.69, 9.17) is 5.26 Å². The first kappa shape index (κ1) is 14.7. The summed E-state index contributed by atoms with van der Waals surface area (Å²) in [4.78, 5) is 24.0. The molecule has 2 fully saturated rings. The highest BCUT2D eigenvalue weighted by atomic mass is 16.3. The van der Waals surface area contributed by atoms with Crippen molar-refractivity contribution in [3.8, 4) is 6.07 Å². The number of aromatic nitrogens is 2. The minimum atomic E-state index is -0.654. The maximum absolute atomic E-state index is 12.2. The summed E-state index contributed by atoms with van der Waals surface area (Å²) < 4.78 is 0. The van der Waals surface area contributed by atoms with Crippen LogP contribution < -0.4 is 4.90 Å². The number of hydrogen-bond donors (Lipinski definition) is 1. The van der Waals surface area contributed by atoms with Crippen molar-refractivity contribution in [3.05, 3.63) is 18.1 Å². The Kier molecular flexibility index (Phi) is 4.20. The van der Waals surface area contributed by atoms with Crippen LogP contribution in [-0.2, 0) is 4.79 Å².